The molecule has 1 aliphatic carbocycles. The Morgan fingerprint density at radius 1 is 1.16 bits per heavy atom. The molecule has 0 spiro atoms. The lowest BCUT2D eigenvalue weighted by molar-refractivity contribution is -0.921. The van der Waals surface area contributed by atoms with E-state index in [1.54, 1.807) is 0 Å². The molecule has 3 N–H and O–H groups in total. The smallest absolute Gasteiger partial charge is 0.273 e. The molecule has 0 heterocycles. The monoisotopic (exact) mass is 427 g/mol. The highest BCUT2D eigenvalue weighted by Crippen LogP contribution is 2.29. The van der Waals surface area contributed by atoms with Crippen LogP contribution >= 0.6 is 0 Å². The highest BCUT2D eigenvalue weighted by molar-refractivity contribution is 5.95. The lowest BCUT2D eigenvalue weighted by atomic mass is 9.94. The number of carbonyl (C=O) groups is 1. The minimum Gasteiger partial charge on any atom is -0.494 e. The quantitative estimate of drug-likeness (QED) is 0.422. The second-order valence-corrected chi connectivity index (χ2v) is 8.06. The summed E-state index contributed by atoms with van der Waals surface area (Å²) in [5, 5.41) is 16.9. The Balaban J connectivity index is 1.60. The van der Waals surface area contributed by atoms with Crippen molar-refractivity contribution in [2.75, 3.05) is 31.3 Å². The normalized spacial score (nSPS) is 15.2. The number of rotatable bonds is 9. The van der Waals surface area contributed by atoms with E-state index in [9.17, 15) is 14.9 Å². The number of para-hydroxylation sites is 1. The van der Waals surface area contributed by atoms with Crippen molar-refractivity contribution in [1.82, 2.24) is 0 Å². The molecule has 1 aliphatic rings. The molecule has 31 heavy (non-hydrogen) atoms. The fourth-order valence-electron chi connectivity index (χ4n) is 4.15. The third-order valence-electron chi connectivity index (χ3n) is 5.90. The van der Waals surface area contributed by atoms with Crippen molar-refractivity contribution < 1.29 is 19.4 Å². The molecule has 0 bridgehead atoms. The van der Waals surface area contributed by atoms with Gasteiger partial charge in [0, 0.05) is 17.3 Å². The number of anilines is 2. The van der Waals surface area contributed by atoms with Gasteiger partial charge < -0.3 is 20.3 Å². The van der Waals surface area contributed by atoms with Crippen molar-refractivity contribution >= 4 is 23.0 Å². The van der Waals surface area contributed by atoms with E-state index in [-0.39, 0.29) is 23.9 Å². The third kappa shape index (κ3) is 6.18. The van der Waals surface area contributed by atoms with Gasteiger partial charge in [-0.25, -0.2) is 0 Å². The summed E-state index contributed by atoms with van der Waals surface area (Å²) in [6.07, 6.45) is 6.53. The van der Waals surface area contributed by atoms with Crippen molar-refractivity contribution in [1.29, 1.82) is 0 Å². The molecule has 0 radical (unpaired) electrons. The maximum absolute atomic E-state index is 12.5. The summed E-state index contributed by atoms with van der Waals surface area (Å²) >= 11 is 0. The molecule has 1 saturated carbocycles. The molecule has 2 aromatic carbocycles. The summed E-state index contributed by atoms with van der Waals surface area (Å²) in [6.45, 7) is 0.991. The molecule has 8 heteroatoms. The van der Waals surface area contributed by atoms with Gasteiger partial charge in [0.15, 0.2) is 0 Å². The molecule has 166 valence electrons. The highest BCUT2D eigenvalue weighted by atomic mass is 16.6. The van der Waals surface area contributed by atoms with Crippen molar-refractivity contribution in [2.24, 2.45) is 0 Å². The lowest BCUT2D eigenvalue weighted by Gasteiger charge is -2.28. The number of nitro benzene ring substituents is 1. The average Bonchev–Trinajstić information content (AvgIpc) is 2.79. The topological polar surface area (TPSA) is 97.9 Å². The van der Waals surface area contributed by atoms with Gasteiger partial charge in [-0.3, -0.25) is 14.9 Å². The molecule has 1 atom stereocenters. The van der Waals surface area contributed by atoms with Crippen LogP contribution in [0.2, 0.25) is 0 Å². The van der Waals surface area contributed by atoms with E-state index < -0.39 is 4.92 Å². The van der Waals surface area contributed by atoms with E-state index in [0.717, 1.165) is 12.2 Å². The highest BCUT2D eigenvalue weighted by Gasteiger charge is 2.22. The summed E-state index contributed by atoms with van der Waals surface area (Å²) in [6, 6.07) is 12.9. The molecule has 0 aliphatic heterocycles. The van der Waals surface area contributed by atoms with Crippen molar-refractivity contribution in [3.05, 3.63) is 58.1 Å². The van der Waals surface area contributed by atoms with Gasteiger partial charge in [0.25, 0.3) is 5.69 Å². The summed E-state index contributed by atoms with van der Waals surface area (Å²) in [5.74, 6) is -0.00408. The second-order valence-electron chi connectivity index (χ2n) is 8.06. The largest absolute Gasteiger partial charge is 0.494 e. The first-order valence-electron chi connectivity index (χ1n) is 10.7. The second kappa shape index (κ2) is 10.8. The van der Waals surface area contributed by atoms with Gasteiger partial charge in [0.2, 0.25) is 5.91 Å². The van der Waals surface area contributed by atoms with Crippen LogP contribution in [-0.4, -0.2) is 37.6 Å². The van der Waals surface area contributed by atoms with E-state index in [1.807, 2.05) is 18.2 Å². The van der Waals surface area contributed by atoms with Gasteiger partial charge >= 0.3 is 0 Å². The zero-order valence-corrected chi connectivity index (χ0v) is 18.1. The molecule has 2 aromatic rings. The molecular formula is C23H31N4O4+. The number of nitro groups is 1. The predicted molar refractivity (Wildman–Crippen MR) is 121 cm³/mol. The number of benzene rings is 2. The number of quaternary nitrogens is 1. The van der Waals surface area contributed by atoms with Crippen molar-refractivity contribution in [2.45, 2.75) is 44.7 Å². The van der Waals surface area contributed by atoms with Crippen LogP contribution in [-0.2, 0) is 11.3 Å². The Morgan fingerprint density at radius 2 is 1.90 bits per heavy atom. The fraction of sp³-hybridized carbons (Fsp3) is 0.435. The van der Waals surface area contributed by atoms with E-state index in [0.29, 0.717) is 11.7 Å². The van der Waals surface area contributed by atoms with E-state index in [1.165, 1.54) is 67.9 Å². The third-order valence-corrected chi connectivity index (χ3v) is 5.90. The standard InChI is InChI=1S/C23H30N4O4/c1-26(18-9-4-3-5-10-18)16-17-8-6-7-11-20(17)24-15-23(28)25-21-13-12-19(27(29)30)14-22(21)31-2/h6-8,11-14,18,24H,3-5,9-10,15-16H2,1-2H3,(H,25,28)/p+1. The fourth-order valence-corrected chi connectivity index (χ4v) is 4.15. The van der Waals surface area contributed by atoms with Gasteiger partial charge in [-0.1, -0.05) is 24.6 Å². The number of methoxy groups -OCH3 is 1. The molecule has 8 nitrogen and oxygen atoms in total. The van der Waals surface area contributed by atoms with Crippen molar-refractivity contribution in [3.8, 4) is 5.75 Å². The maximum Gasteiger partial charge on any atom is 0.273 e. The zero-order valence-electron chi connectivity index (χ0n) is 18.1. The van der Waals surface area contributed by atoms with Gasteiger partial charge in [0.05, 0.1) is 43.4 Å². The van der Waals surface area contributed by atoms with E-state index >= 15 is 0 Å². The minimum atomic E-state index is -0.501. The maximum atomic E-state index is 12.5. The Labute approximate surface area is 182 Å². The van der Waals surface area contributed by atoms with Crippen LogP contribution < -0.4 is 20.3 Å². The van der Waals surface area contributed by atoms with E-state index in [4.69, 9.17) is 4.74 Å². The number of carbonyl (C=O) groups excluding carboxylic acids is 1. The first kappa shape index (κ1) is 22.6. The number of hydrogen-bond acceptors (Lipinski definition) is 5. The summed E-state index contributed by atoms with van der Waals surface area (Å²) < 4.78 is 5.18. The van der Waals surface area contributed by atoms with Crippen LogP contribution in [0.15, 0.2) is 42.5 Å². The molecular weight excluding hydrogens is 396 g/mol. The number of ether oxygens (including phenoxy) is 1. The van der Waals surface area contributed by atoms with Crippen LogP contribution in [0.1, 0.15) is 37.7 Å². The van der Waals surface area contributed by atoms with Crippen LogP contribution in [0.5, 0.6) is 5.75 Å². The van der Waals surface area contributed by atoms with Gasteiger partial charge in [-0.15, -0.1) is 0 Å². The summed E-state index contributed by atoms with van der Waals surface area (Å²) in [4.78, 5) is 24.4. The Hall–Kier alpha value is -3.13. The van der Waals surface area contributed by atoms with Crippen LogP contribution in [0.4, 0.5) is 17.1 Å². The number of nitrogens with one attached hydrogen (secondary N) is 3. The average molecular weight is 428 g/mol. The SMILES string of the molecule is COc1cc([N+](=O)[O-])ccc1NC(=O)CNc1ccccc1C[NH+](C)C1CCCCC1. The molecule has 0 saturated heterocycles. The molecule has 0 aromatic heterocycles. The molecule has 1 unspecified atom stereocenters. The molecule has 1 amide bonds. The molecule has 1 fully saturated rings. The van der Waals surface area contributed by atoms with E-state index in [2.05, 4.69) is 23.7 Å². The number of amides is 1. The first-order valence-corrected chi connectivity index (χ1v) is 10.7. The van der Waals surface area contributed by atoms with Crippen molar-refractivity contribution in [3.63, 3.8) is 0 Å². The van der Waals surface area contributed by atoms with Gasteiger partial charge in [-0.2, -0.15) is 0 Å². The number of nitrogens with zero attached hydrogens (tertiary/aromatic N) is 1. The Kier molecular flexibility index (Phi) is 7.83. The first-order chi connectivity index (χ1) is 15.0. The Bertz CT molecular complexity index is 912. The predicted octanol–water partition coefficient (Wildman–Crippen LogP) is 3.00. The van der Waals surface area contributed by atoms with Gasteiger partial charge in [0.1, 0.15) is 12.3 Å². The van der Waals surface area contributed by atoms with Crippen LogP contribution in [0.25, 0.3) is 0 Å². The summed E-state index contributed by atoms with van der Waals surface area (Å²) in [5.41, 5.74) is 2.44. The minimum absolute atomic E-state index is 0.0830. The van der Waals surface area contributed by atoms with Crippen LogP contribution in [0, 0.1) is 10.1 Å². The van der Waals surface area contributed by atoms with Gasteiger partial charge in [-0.05, 0) is 37.8 Å². The lowest BCUT2D eigenvalue weighted by Crippen LogP contribution is -3.11. The number of hydrogen-bond donors (Lipinski definition) is 3. The Morgan fingerprint density at radius 3 is 2.61 bits per heavy atom. The summed E-state index contributed by atoms with van der Waals surface area (Å²) in [7, 11) is 3.66. The molecule has 3 rings (SSSR count). The zero-order chi connectivity index (χ0) is 22.2. The number of non-ortho nitro benzene ring substituents is 1. The van der Waals surface area contributed by atoms with Crippen LogP contribution in [0.3, 0.4) is 0 Å².